The number of anilines is 1. The van der Waals surface area contributed by atoms with Crippen LogP contribution in [0, 0.1) is 12.7 Å². The number of halogens is 1. The number of benzene rings is 2. The van der Waals surface area contributed by atoms with Crippen LogP contribution in [0.5, 0.6) is 5.75 Å². The van der Waals surface area contributed by atoms with Crippen molar-refractivity contribution < 1.29 is 28.3 Å². The first-order chi connectivity index (χ1) is 13.5. The van der Waals surface area contributed by atoms with E-state index in [4.69, 9.17) is 14.3 Å². The predicted molar refractivity (Wildman–Crippen MR) is 99.7 cm³/mol. The number of ether oxygens (including phenoxy) is 2. The summed E-state index contributed by atoms with van der Waals surface area (Å²) in [5, 5.41) is 6.45. The summed E-state index contributed by atoms with van der Waals surface area (Å²) in [7, 11) is 1.49. The number of nitrogens with zero attached hydrogens (tertiary/aromatic N) is 1. The molecule has 0 bridgehead atoms. The first-order valence-electron chi connectivity index (χ1n) is 8.56. The second-order valence-electron chi connectivity index (χ2n) is 6.21. The molecule has 28 heavy (non-hydrogen) atoms. The van der Waals surface area contributed by atoms with Gasteiger partial charge in [0, 0.05) is 12.0 Å². The fraction of sp³-hybridized carbons (Fsp3) is 0.250. The van der Waals surface area contributed by atoms with E-state index in [2.05, 4.69) is 10.5 Å². The van der Waals surface area contributed by atoms with Crippen LogP contribution in [0.15, 0.2) is 47.6 Å². The summed E-state index contributed by atoms with van der Waals surface area (Å²) in [6, 6.07) is 11.2. The van der Waals surface area contributed by atoms with E-state index in [9.17, 15) is 14.0 Å². The van der Waals surface area contributed by atoms with Gasteiger partial charge in [0.05, 0.1) is 18.5 Å². The summed E-state index contributed by atoms with van der Waals surface area (Å²) in [4.78, 5) is 29.3. The molecule has 1 aliphatic rings. The van der Waals surface area contributed by atoms with E-state index in [1.54, 1.807) is 24.3 Å². The summed E-state index contributed by atoms with van der Waals surface area (Å²) < 4.78 is 23.5. The molecule has 8 heteroatoms. The molecule has 1 aliphatic heterocycles. The molecular formula is C20H19FN2O5. The third-order valence-electron chi connectivity index (χ3n) is 4.06. The lowest BCUT2D eigenvalue weighted by Crippen LogP contribution is -2.28. The second-order valence-corrected chi connectivity index (χ2v) is 6.21. The highest BCUT2D eigenvalue weighted by atomic mass is 19.1. The van der Waals surface area contributed by atoms with Gasteiger partial charge in [0.1, 0.15) is 11.6 Å². The van der Waals surface area contributed by atoms with Crippen molar-refractivity contribution in [3.63, 3.8) is 0 Å². The zero-order chi connectivity index (χ0) is 20.1. The highest BCUT2D eigenvalue weighted by Gasteiger charge is 2.30. The van der Waals surface area contributed by atoms with Crippen LogP contribution >= 0.6 is 0 Å². The van der Waals surface area contributed by atoms with E-state index in [1.807, 2.05) is 13.0 Å². The third kappa shape index (κ3) is 4.64. The molecule has 0 saturated carbocycles. The number of hydrogen-bond donors (Lipinski definition) is 1. The van der Waals surface area contributed by atoms with Crippen LogP contribution in [0.2, 0.25) is 0 Å². The standard InChI is InChI=1S/C20H19FN2O5/c1-12-6-7-17(26-2)16(8-12)22-19(24)11-27-20(25)18-10-15(23-28-18)13-4-3-5-14(21)9-13/h3-9,18H,10-11H2,1-2H3,(H,22,24). The van der Waals surface area contributed by atoms with Gasteiger partial charge < -0.3 is 19.6 Å². The molecule has 1 N–H and O–H groups in total. The Morgan fingerprint density at radius 1 is 1.29 bits per heavy atom. The number of amides is 1. The van der Waals surface area contributed by atoms with Crippen LogP contribution in [0.4, 0.5) is 10.1 Å². The third-order valence-corrected chi connectivity index (χ3v) is 4.06. The van der Waals surface area contributed by atoms with E-state index in [-0.39, 0.29) is 6.42 Å². The van der Waals surface area contributed by atoms with Gasteiger partial charge in [-0.1, -0.05) is 23.4 Å². The van der Waals surface area contributed by atoms with Gasteiger partial charge in [0.25, 0.3) is 5.91 Å². The molecule has 3 rings (SSSR count). The summed E-state index contributed by atoms with van der Waals surface area (Å²) >= 11 is 0. The fourth-order valence-electron chi connectivity index (χ4n) is 2.68. The molecule has 1 heterocycles. The van der Waals surface area contributed by atoms with Crippen molar-refractivity contribution in [2.24, 2.45) is 5.16 Å². The van der Waals surface area contributed by atoms with Gasteiger partial charge in [-0.2, -0.15) is 0 Å². The Hall–Kier alpha value is -3.42. The Morgan fingerprint density at radius 2 is 2.11 bits per heavy atom. The van der Waals surface area contributed by atoms with Crippen LogP contribution in [0.1, 0.15) is 17.5 Å². The van der Waals surface area contributed by atoms with Crippen molar-refractivity contribution in [1.82, 2.24) is 0 Å². The molecule has 2 aromatic rings. The fourth-order valence-corrected chi connectivity index (χ4v) is 2.68. The van der Waals surface area contributed by atoms with Crippen LogP contribution in [-0.4, -0.2) is 37.4 Å². The van der Waals surface area contributed by atoms with Crippen molar-refractivity contribution in [2.75, 3.05) is 19.0 Å². The lowest BCUT2D eigenvalue weighted by atomic mass is 10.1. The van der Waals surface area contributed by atoms with Gasteiger partial charge in [-0.25, -0.2) is 9.18 Å². The molecule has 0 saturated heterocycles. The molecule has 0 fully saturated rings. The molecule has 1 unspecified atom stereocenters. The largest absolute Gasteiger partial charge is 0.495 e. The molecule has 2 aromatic carbocycles. The molecule has 0 radical (unpaired) electrons. The van der Waals surface area contributed by atoms with Crippen LogP contribution < -0.4 is 10.1 Å². The lowest BCUT2D eigenvalue weighted by Gasteiger charge is -2.12. The quantitative estimate of drug-likeness (QED) is 0.772. The summed E-state index contributed by atoms with van der Waals surface area (Å²) in [6.45, 7) is 1.40. The first-order valence-corrected chi connectivity index (χ1v) is 8.56. The van der Waals surface area contributed by atoms with Gasteiger partial charge in [-0.15, -0.1) is 0 Å². The lowest BCUT2D eigenvalue weighted by molar-refractivity contribution is -0.157. The number of oxime groups is 1. The topological polar surface area (TPSA) is 86.2 Å². The first kappa shape index (κ1) is 19.3. The Kier molecular flexibility index (Phi) is 5.88. The number of esters is 1. The number of methoxy groups -OCH3 is 1. The van der Waals surface area contributed by atoms with Crippen molar-refractivity contribution >= 4 is 23.3 Å². The Balaban J connectivity index is 1.51. The zero-order valence-corrected chi connectivity index (χ0v) is 15.4. The maximum Gasteiger partial charge on any atom is 0.351 e. The van der Waals surface area contributed by atoms with Gasteiger partial charge in [-0.05, 0) is 36.8 Å². The average Bonchev–Trinajstić information content (AvgIpc) is 3.17. The zero-order valence-electron chi connectivity index (χ0n) is 15.4. The van der Waals surface area contributed by atoms with Crippen molar-refractivity contribution in [1.29, 1.82) is 0 Å². The minimum Gasteiger partial charge on any atom is -0.495 e. The summed E-state index contributed by atoms with van der Waals surface area (Å²) in [5.41, 5.74) is 2.39. The molecule has 7 nitrogen and oxygen atoms in total. The second kappa shape index (κ2) is 8.51. The predicted octanol–water partition coefficient (Wildman–Crippen LogP) is 2.82. The molecule has 146 valence electrons. The van der Waals surface area contributed by atoms with Gasteiger partial charge in [0.15, 0.2) is 6.61 Å². The molecule has 0 spiro atoms. The van der Waals surface area contributed by atoms with Crippen molar-refractivity contribution in [3.8, 4) is 5.75 Å². The Labute approximate surface area is 161 Å². The van der Waals surface area contributed by atoms with Gasteiger partial charge in [-0.3, -0.25) is 4.79 Å². The summed E-state index contributed by atoms with van der Waals surface area (Å²) in [6.07, 6.45) is -0.838. The summed E-state index contributed by atoms with van der Waals surface area (Å²) in [5.74, 6) is -1.14. The normalized spacial score (nSPS) is 15.4. The number of carbonyl (C=O) groups is 2. The smallest absolute Gasteiger partial charge is 0.351 e. The SMILES string of the molecule is COc1ccc(C)cc1NC(=O)COC(=O)C1CC(c2cccc(F)c2)=NO1. The van der Waals surface area contributed by atoms with Crippen LogP contribution in [0.25, 0.3) is 0 Å². The number of hydrogen-bond acceptors (Lipinski definition) is 6. The monoisotopic (exact) mass is 386 g/mol. The molecule has 1 atom stereocenters. The number of carbonyl (C=O) groups excluding carboxylic acids is 2. The van der Waals surface area contributed by atoms with Crippen molar-refractivity contribution in [2.45, 2.75) is 19.4 Å². The minimum absolute atomic E-state index is 0.135. The van der Waals surface area contributed by atoms with E-state index in [0.717, 1.165) is 5.56 Å². The van der Waals surface area contributed by atoms with Crippen LogP contribution in [-0.2, 0) is 19.2 Å². The van der Waals surface area contributed by atoms with Crippen LogP contribution in [0.3, 0.4) is 0 Å². The Bertz CT molecular complexity index is 929. The minimum atomic E-state index is -0.973. The van der Waals surface area contributed by atoms with Crippen molar-refractivity contribution in [3.05, 3.63) is 59.4 Å². The molecule has 0 aromatic heterocycles. The number of rotatable bonds is 6. The highest BCUT2D eigenvalue weighted by molar-refractivity contribution is 6.03. The number of nitrogens with one attached hydrogen (secondary N) is 1. The molecule has 0 aliphatic carbocycles. The molecule has 1 amide bonds. The van der Waals surface area contributed by atoms with Gasteiger partial charge >= 0.3 is 5.97 Å². The van der Waals surface area contributed by atoms with Gasteiger partial charge in [0.2, 0.25) is 6.10 Å². The number of aryl methyl sites for hydroxylation is 1. The van der Waals surface area contributed by atoms with E-state index in [1.165, 1.54) is 19.2 Å². The van der Waals surface area contributed by atoms with E-state index < -0.39 is 30.4 Å². The average molecular weight is 386 g/mol. The van der Waals surface area contributed by atoms with E-state index in [0.29, 0.717) is 22.7 Å². The maximum absolute atomic E-state index is 13.3. The molecular weight excluding hydrogens is 367 g/mol. The Morgan fingerprint density at radius 3 is 2.86 bits per heavy atom. The maximum atomic E-state index is 13.3. The van der Waals surface area contributed by atoms with E-state index >= 15 is 0 Å². The highest BCUT2D eigenvalue weighted by Crippen LogP contribution is 2.25.